The van der Waals surface area contributed by atoms with Gasteiger partial charge < -0.3 is 9.47 Å². The van der Waals surface area contributed by atoms with Crippen LogP contribution in [0.2, 0.25) is 47.2 Å². The van der Waals surface area contributed by atoms with Gasteiger partial charge in [-0.05, 0) is 12.8 Å². The molecule has 10 aliphatic rings. The molecule has 0 N–H and O–H groups in total. The molecular weight excluding hydrogens is 744 g/mol. The van der Waals surface area contributed by atoms with Gasteiger partial charge in [0, 0.05) is 0 Å². The van der Waals surface area contributed by atoms with Crippen molar-refractivity contribution in [1.29, 1.82) is 0 Å². The van der Waals surface area contributed by atoms with Crippen LogP contribution in [0.25, 0.3) is 0 Å². The predicted molar refractivity (Wildman–Crippen MR) is 194 cm³/mol. The number of carbonyl (C=O) groups is 4. The molecule has 0 saturated carbocycles. The van der Waals surface area contributed by atoms with Crippen LogP contribution in [0.15, 0.2) is 97.1 Å². The van der Waals surface area contributed by atoms with Crippen LogP contribution < -0.4 is 28.4 Å². The summed E-state index contributed by atoms with van der Waals surface area (Å²) in [6.07, 6.45) is 1.79. The normalized spacial score (nSPS) is 45.5. The van der Waals surface area contributed by atoms with Crippen LogP contribution in [-0.2, 0) is 16.1 Å². The third kappa shape index (κ3) is 1.16. The zero-order valence-electron chi connectivity index (χ0n) is 30.1. The second-order valence-electron chi connectivity index (χ2n) is 19.0. The second kappa shape index (κ2) is 5.89. The van der Waals surface area contributed by atoms with Gasteiger partial charge in [0.1, 0.15) is 11.5 Å². The van der Waals surface area contributed by atoms with E-state index in [0.29, 0.717) is 97.4 Å². The van der Waals surface area contributed by atoms with Crippen molar-refractivity contribution in [3.63, 3.8) is 0 Å². The van der Waals surface area contributed by atoms with Gasteiger partial charge in [0.2, 0.25) is 0 Å². The fraction of sp³-hybridized carbons (Fsp3) is 0.364. The quantitative estimate of drug-likeness (QED) is 0.0695. The SMILES string of the molecule is CCCOc1ccc(C(=O)Oc2ccc(OC(=O)[C]34[CH]5[CH]6[CH]7[CH]3[Fe]6754389%10[CH]4[CH]3[CH]8[C]9(C(=O)Oc3ccc(OC(=O)c5ccc(OCCC)cc5)cc3)[CH]4%10)cc2)cc1. The Morgan fingerprint density at radius 3 is 1.04 bits per heavy atom. The van der Waals surface area contributed by atoms with Crippen molar-refractivity contribution in [2.24, 2.45) is 0 Å². The third-order valence-corrected chi connectivity index (χ3v) is 63.7. The summed E-state index contributed by atoms with van der Waals surface area (Å²) >= 11 is 0. The van der Waals surface area contributed by atoms with Gasteiger partial charge in [-0.2, -0.15) is 0 Å². The molecule has 10 aliphatic heterocycles. The first-order valence-electron chi connectivity index (χ1n) is 19.3. The van der Waals surface area contributed by atoms with Crippen molar-refractivity contribution in [3.8, 4) is 34.5 Å². The van der Waals surface area contributed by atoms with Gasteiger partial charge >= 0.3 is 247 Å². The Bertz CT molecular complexity index is 2660. The first-order chi connectivity index (χ1) is 26.5. The molecule has 0 bridgehead atoms. The number of fused-ring (bicyclic) bond motifs is 10. The molecule has 4 aromatic carbocycles. The predicted octanol–water partition coefficient (Wildman–Crippen LogP) is 9.34. The zero-order chi connectivity index (χ0) is 37.2. The molecule has 10 saturated heterocycles. The van der Waals surface area contributed by atoms with Gasteiger partial charge in [-0.3, -0.25) is 0 Å². The van der Waals surface area contributed by atoms with E-state index in [1.807, 2.05) is 13.8 Å². The molecule has 0 aromatic heterocycles. The van der Waals surface area contributed by atoms with E-state index < -0.39 is 27.1 Å². The second-order valence-corrected chi connectivity index (χ2v) is 42.2. The summed E-state index contributed by atoms with van der Waals surface area (Å²) in [6.45, 7) is 0.615. The number of carbonyl (C=O) groups excluding carboxylic acids is 4. The Balaban J connectivity index is 0.669. The van der Waals surface area contributed by atoms with E-state index in [2.05, 4.69) is 0 Å². The Morgan fingerprint density at radius 2 is 0.745 bits per heavy atom. The average Bonchev–Trinajstić information content (AvgIpc) is 4.16. The van der Waals surface area contributed by atoms with Gasteiger partial charge in [0.15, 0.2) is 0 Å². The molecule has 8 atom stereocenters. The molecule has 55 heavy (non-hydrogen) atoms. The molecule has 10 heterocycles. The zero-order valence-corrected chi connectivity index (χ0v) is 31.2. The van der Waals surface area contributed by atoms with Crippen LogP contribution in [0.5, 0.6) is 34.5 Å². The molecule has 11 heteroatoms. The van der Waals surface area contributed by atoms with Crippen molar-refractivity contribution in [2.45, 2.75) is 73.8 Å². The molecule has 10 fully saturated rings. The van der Waals surface area contributed by atoms with Gasteiger partial charge in [-0.1, -0.05) is 13.8 Å². The van der Waals surface area contributed by atoms with Gasteiger partial charge in [-0.15, -0.1) is 0 Å². The van der Waals surface area contributed by atoms with E-state index in [9.17, 15) is 19.2 Å². The molecule has 14 rings (SSSR count). The average molecular weight is 783 g/mol. The van der Waals surface area contributed by atoms with Crippen molar-refractivity contribution in [1.82, 2.24) is 0 Å². The van der Waals surface area contributed by atoms with Crippen LogP contribution in [0.1, 0.15) is 47.4 Å². The van der Waals surface area contributed by atoms with Gasteiger partial charge in [-0.25, -0.2) is 0 Å². The molecule has 0 radical (unpaired) electrons. The summed E-state index contributed by atoms with van der Waals surface area (Å²) < 4.78 is 34.0. The molecule has 1 spiro atoms. The van der Waals surface area contributed by atoms with E-state index in [0.717, 1.165) is 12.8 Å². The summed E-state index contributed by atoms with van der Waals surface area (Å²) in [7, 11) is 0. The maximum atomic E-state index is 14.4. The molecule has 0 aliphatic carbocycles. The summed E-state index contributed by atoms with van der Waals surface area (Å²) in [6, 6.07) is 26.9. The minimum atomic E-state index is -4.66. The Hall–Kier alpha value is -5.12. The standard InChI is InChI=1S/2C22H19O5.Fe/c2*1-2-15-25-18-9-7-17(8-10-18)22(24)27-20-13-11-19(12-14-20)26-21(23)16-5-3-4-6-16;/h2*3-14H,2,15H2,1H3;. The topological polar surface area (TPSA) is 124 Å². The number of hydrogen-bond donors (Lipinski definition) is 0. The van der Waals surface area contributed by atoms with Crippen molar-refractivity contribution >= 4 is 23.9 Å². The summed E-state index contributed by atoms with van der Waals surface area (Å²) in [5.41, 5.74) is 0.811. The van der Waals surface area contributed by atoms with Crippen molar-refractivity contribution < 1.29 is 54.1 Å². The van der Waals surface area contributed by atoms with Crippen LogP contribution in [0, 0.1) is 0 Å². The Morgan fingerprint density at radius 1 is 0.455 bits per heavy atom. The van der Waals surface area contributed by atoms with Crippen LogP contribution >= 0.6 is 0 Å². The Kier molecular flexibility index (Phi) is 3.23. The van der Waals surface area contributed by atoms with E-state index in [-0.39, 0.29) is 11.9 Å². The summed E-state index contributed by atoms with van der Waals surface area (Å²) in [4.78, 5) is 58.6. The number of benzene rings is 4. The van der Waals surface area contributed by atoms with E-state index in [1.54, 1.807) is 97.1 Å². The number of ether oxygens (including phenoxy) is 6. The molecule has 8 unspecified atom stereocenters. The summed E-state index contributed by atoms with van der Waals surface area (Å²) in [5, 5.41) is 0. The van der Waals surface area contributed by atoms with E-state index in [1.165, 1.54) is 0 Å². The van der Waals surface area contributed by atoms with Crippen molar-refractivity contribution in [2.75, 3.05) is 13.2 Å². The van der Waals surface area contributed by atoms with E-state index in [4.69, 9.17) is 28.4 Å². The third-order valence-electron chi connectivity index (χ3n) is 21.1. The maximum absolute atomic E-state index is 14.4. The van der Waals surface area contributed by atoms with Crippen LogP contribution in [0.3, 0.4) is 0 Å². The summed E-state index contributed by atoms with van der Waals surface area (Å²) in [5.74, 6) is 1.74. The number of esters is 4. The Labute approximate surface area is 306 Å². The number of rotatable bonds is 14. The molecule has 282 valence electrons. The number of hydrogen-bond acceptors (Lipinski definition) is 10. The monoisotopic (exact) mass is 782 g/mol. The minimum absolute atomic E-state index is 0.115. The first-order valence-corrected chi connectivity index (χ1v) is 25.5. The van der Waals surface area contributed by atoms with Gasteiger partial charge in [0.05, 0.1) is 13.2 Å². The van der Waals surface area contributed by atoms with Crippen LogP contribution in [0.4, 0.5) is 0 Å². The fourth-order valence-electron chi connectivity index (χ4n) is 21.3. The molecular formula is C44H38FeO10. The molecule has 10 nitrogen and oxygen atoms in total. The molecule has 0 amide bonds. The van der Waals surface area contributed by atoms with E-state index >= 15 is 0 Å². The molecule has 4 aromatic rings. The van der Waals surface area contributed by atoms with Gasteiger partial charge in [0.25, 0.3) is 0 Å². The fourth-order valence-corrected chi connectivity index (χ4v) is 96.2. The van der Waals surface area contributed by atoms with Crippen molar-refractivity contribution in [3.05, 3.63) is 108 Å². The van der Waals surface area contributed by atoms with Crippen LogP contribution in [-0.4, -0.2) is 37.1 Å². The first kappa shape index (κ1) is 30.1.